The molecule has 2 atom stereocenters. The predicted molar refractivity (Wildman–Crippen MR) is 66.7 cm³/mol. The summed E-state index contributed by atoms with van der Waals surface area (Å²) in [7, 11) is 0. The molecule has 2 fully saturated rings. The zero-order valence-corrected chi connectivity index (χ0v) is 10.7. The lowest BCUT2D eigenvalue weighted by atomic mass is 10.1. The molecule has 2 rings (SSSR count). The van der Waals surface area contributed by atoms with E-state index in [1.807, 2.05) is 11.8 Å². The summed E-state index contributed by atoms with van der Waals surface area (Å²) < 4.78 is 0. The second-order valence-corrected chi connectivity index (χ2v) is 5.30. The first kappa shape index (κ1) is 13.1. The van der Waals surface area contributed by atoms with Crippen molar-refractivity contribution in [2.75, 3.05) is 31.1 Å². The van der Waals surface area contributed by atoms with Crippen LogP contribution < -0.4 is 5.32 Å². The van der Waals surface area contributed by atoms with E-state index in [2.05, 4.69) is 17.1 Å². The lowest BCUT2D eigenvalue weighted by Gasteiger charge is -2.34. The molecule has 0 bridgehead atoms. The zero-order chi connectivity index (χ0) is 9.97. The third kappa shape index (κ3) is 3.02. The van der Waals surface area contributed by atoms with Gasteiger partial charge in [0.05, 0.1) is 5.92 Å². The largest absolute Gasteiger partial charge is 0.338 e. The number of thioether (sulfide) groups is 1. The van der Waals surface area contributed by atoms with E-state index in [4.69, 9.17) is 0 Å². The van der Waals surface area contributed by atoms with Gasteiger partial charge in [0.2, 0.25) is 5.91 Å². The van der Waals surface area contributed by atoms with E-state index in [1.165, 1.54) is 0 Å². The molecule has 2 aliphatic heterocycles. The highest BCUT2D eigenvalue weighted by Gasteiger charge is 2.30. The van der Waals surface area contributed by atoms with Crippen molar-refractivity contribution < 1.29 is 4.79 Å². The van der Waals surface area contributed by atoms with Gasteiger partial charge in [0.15, 0.2) is 0 Å². The van der Waals surface area contributed by atoms with Crippen LogP contribution in [-0.2, 0) is 4.79 Å². The van der Waals surface area contributed by atoms with E-state index in [9.17, 15) is 4.79 Å². The number of hydrogen-bond donors (Lipinski definition) is 1. The van der Waals surface area contributed by atoms with E-state index < -0.39 is 0 Å². The highest BCUT2D eigenvalue weighted by Crippen LogP contribution is 2.20. The van der Waals surface area contributed by atoms with Gasteiger partial charge in [0.25, 0.3) is 0 Å². The second kappa shape index (κ2) is 5.97. The number of carbonyl (C=O) groups is 1. The van der Waals surface area contributed by atoms with Gasteiger partial charge in [-0.25, -0.2) is 0 Å². The predicted octanol–water partition coefficient (Wildman–Crippen LogP) is 0.982. The number of hydrogen-bond acceptors (Lipinski definition) is 3. The number of amides is 1. The molecule has 3 nitrogen and oxygen atoms in total. The van der Waals surface area contributed by atoms with Gasteiger partial charge in [-0.3, -0.25) is 4.79 Å². The molecule has 5 heteroatoms. The number of nitrogens with zero attached hydrogens (tertiary/aromatic N) is 1. The lowest BCUT2D eigenvalue weighted by Crippen LogP contribution is -2.47. The van der Waals surface area contributed by atoms with Crippen LogP contribution in [0.5, 0.6) is 0 Å². The first-order valence-electron chi connectivity index (χ1n) is 5.38. The minimum atomic E-state index is 0. The molecule has 1 unspecified atom stereocenters. The van der Waals surface area contributed by atoms with Crippen LogP contribution in [0.15, 0.2) is 0 Å². The Bertz CT molecular complexity index is 221. The molecular weight excluding hydrogens is 232 g/mol. The molecule has 2 aliphatic rings. The van der Waals surface area contributed by atoms with Crippen LogP contribution in [0, 0.1) is 5.92 Å². The Morgan fingerprint density at radius 3 is 2.93 bits per heavy atom. The van der Waals surface area contributed by atoms with Crippen molar-refractivity contribution in [2.24, 2.45) is 5.92 Å². The fourth-order valence-electron chi connectivity index (χ4n) is 2.15. The van der Waals surface area contributed by atoms with Crippen LogP contribution in [-0.4, -0.2) is 48.0 Å². The zero-order valence-electron chi connectivity index (χ0n) is 9.07. The Balaban J connectivity index is 0.00000112. The van der Waals surface area contributed by atoms with E-state index in [0.717, 1.165) is 37.6 Å². The molecule has 2 heterocycles. The summed E-state index contributed by atoms with van der Waals surface area (Å²) in [5.41, 5.74) is 0. The maximum absolute atomic E-state index is 12.1. The fraction of sp³-hybridized carbons (Fsp3) is 0.900. The monoisotopic (exact) mass is 250 g/mol. The van der Waals surface area contributed by atoms with Gasteiger partial charge >= 0.3 is 0 Å². The number of halogens is 1. The van der Waals surface area contributed by atoms with E-state index in [0.29, 0.717) is 11.9 Å². The fourth-order valence-corrected chi connectivity index (χ4v) is 3.17. The molecular formula is C10H19ClN2OS. The van der Waals surface area contributed by atoms with Gasteiger partial charge in [-0.1, -0.05) is 0 Å². The molecule has 0 aromatic heterocycles. The summed E-state index contributed by atoms with van der Waals surface area (Å²) in [6.07, 6.45) is 1.02. The Kier molecular flexibility index (Phi) is 5.23. The minimum Gasteiger partial charge on any atom is -0.338 e. The average Bonchev–Trinajstić information content (AvgIpc) is 2.70. The molecule has 15 heavy (non-hydrogen) atoms. The summed E-state index contributed by atoms with van der Waals surface area (Å²) in [4.78, 5) is 14.2. The third-order valence-corrected chi connectivity index (χ3v) is 4.25. The van der Waals surface area contributed by atoms with Gasteiger partial charge in [-0.2, -0.15) is 11.8 Å². The van der Waals surface area contributed by atoms with Crippen LogP contribution in [0.25, 0.3) is 0 Å². The lowest BCUT2D eigenvalue weighted by molar-refractivity contribution is -0.136. The van der Waals surface area contributed by atoms with Crippen LogP contribution in [0.1, 0.15) is 13.3 Å². The quantitative estimate of drug-likeness (QED) is 0.753. The van der Waals surface area contributed by atoms with Crippen molar-refractivity contribution in [2.45, 2.75) is 19.4 Å². The van der Waals surface area contributed by atoms with Crippen LogP contribution in [0.2, 0.25) is 0 Å². The van der Waals surface area contributed by atoms with Gasteiger partial charge in [-0.15, -0.1) is 12.4 Å². The number of carbonyl (C=O) groups excluding carboxylic acids is 1. The average molecular weight is 251 g/mol. The van der Waals surface area contributed by atoms with E-state index in [-0.39, 0.29) is 18.3 Å². The first-order valence-corrected chi connectivity index (χ1v) is 6.53. The standard InChI is InChI=1S/C10H18N2OS.ClH/c1-8-7-14-5-4-12(8)10(13)9-2-3-11-6-9;/h8-9,11H,2-7H2,1H3;1H/t8?,9-;/m1./s1. The van der Waals surface area contributed by atoms with Crippen molar-refractivity contribution in [3.63, 3.8) is 0 Å². The third-order valence-electron chi connectivity index (χ3n) is 3.06. The van der Waals surface area contributed by atoms with Gasteiger partial charge in [0, 0.05) is 30.6 Å². The minimum absolute atomic E-state index is 0. The molecule has 88 valence electrons. The highest BCUT2D eigenvalue weighted by molar-refractivity contribution is 7.99. The van der Waals surface area contributed by atoms with Crippen molar-refractivity contribution in [1.29, 1.82) is 0 Å². The van der Waals surface area contributed by atoms with Crippen molar-refractivity contribution in [3.05, 3.63) is 0 Å². The first-order chi connectivity index (χ1) is 6.79. The normalized spacial score (nSPS) is 31.1. The summed E-state index contributed by atoms with van der Waals surface area (Å²) in [6, 6.07) is 0.432. The van der Waals surface area contributed by atoms with E-state index >= 15 is 0 Å². The SMILES string of the molecule is CC1CSCCN1C(=O)[C@@H]1CCNC1.Cl. The number of rotatable bonds is 1. The smallest absolute Gasteiger partial charge is 0.227 e. The van der Waals surface area contributed by atoms with Crippen molar-refractivity contribution in [3.8, 4) is 0 Å². The van der Waals surface area contributed by atoms with Crippen molar-refractivity contribution in [1.82, 2.24) is 10.2 Å². The maximum atomic E-state index is 12.1. The molecule has 0 aliphatic carbocycles. The van der Waals surface area contributed by atoms with Gasteiger partial charge in [-0.05, 0) is 19.9 Å². The topological polar surface area (TPSA) is 32.3 Å². The van der Waals surface area contributed by atoms with Crippen LogP contribution in [0.3, 0.4) is 0 Å². The van der Waals surface area contributed by atoms with Gasteiger partial charge in [0.1, 0.15) is 0 Å². The Labute approximate surface area is 102 Å². The summed E-state index contributed by atoms with van der Waals surface area (Å²) in [6.45, 7) is 5.00. The molecule has 2 saturated heterocycles. The van der Waals surface area contributed by atoms with Gasteiger partial charge < -0.3 is 10.2 Å². The molecule has 0 spiro atoms. The molecule has 0 saturated carbocycles. The second-order valence-electron chi connectivity index (χ2n) is 4.15. The maximum Gasteiger partial charge on any atom is 0.227 e. The van der Waals surface area contributed by atoms with Crippen molar-refractivity contribution >= 4 is 30.1 Å². The van der Waals surface area contributed by atoms with Crippen LogP contribution >= 0.6 is 24.2 Å². The van der Waals surface area contributed by atoms with Crippen LogP contribution in [0.4, 0.5) is 0 Å². The molecule has 0 aromatic carbocycles. The molecule has 0 aromatic rings. The molecule has 1 N–H and O–H groups in total. The summed E-state index contributed by atoms with van der Waals surface area (Å²) in [5, 5.41) is 3.25. The highest BCUT2D eigenvalue weighted by atomic mass is 35.5. The Hall–Kier alpha value is 0.0700. The number of nitrogens with one attached hydrogen (secondary N) is 1. The van der Waals surface area contributed by atoms with E-state index in [1.54, 1.807) is 0 Å². The summed E-state index contributed by atoms with van der Waals surface area (Å²) >= 11 is 1.96. The molecule has 0 radical (unpaired) electrons. The molecule has 1 amide bonds. The Morgan fingerprint density at radius 1 is 1.53 bits per heavy atom. The Morgan fingerprint density at radius 2 is 2.33 bits per heavy atom. The summed E-state index contributed by atoms with van der Waals surface area (Å²) in [5.74, 6) is 2.84.